The van der Waals surface area contributed by atoms with Crippen LogP contribution >= 0.6 is 0 Å². The number of aromatic hydroxyl groups is 1. The molecule has 0 atom stereocenters. The molecule has 0 saturated carbocycles. The molecule has 1 aliphatic carbocycles. The number of carboxylic acid groups (broad SMARTS) is 1. The number of hydrogen-bond donors (Lipinski definition) is 4. The molecule has 0 bridgehead atoms. The van der Waals surface area contributed by atoms with Gasteiger partial charge in [0.25, 0.3) is 5.56 Å². The second-order valence-electron chi connectivity index (χ2n) is 5.03. The first kappa shape index (κ1) is 12.5. The first-order chi connectivity index (χ1) is 9.49. The molecule has 20 heavy (non-hydrogen) atoms. The van der Waals surface area contributed by atoms with Crippen molar-refractivity contribution in [1.82, 2.24) is 9.97 Å². The average molecular weight is 274 g/mol. The van der Waals surface area contributed by atoms with Crippen molar-refractivity contribution in [2.45, 2.75) is 26.2 Å². The third-order valence-corrected chi connectivity index (χ3v) is 3.66. The lowest BCUT2D eigenvalue weighted by Crippen LogP contribution is -2.19. The summed E-state index contributed by atoms with van der Waals surface area (Å²) in [5.41, 5.74) is 2.46. The summed E-state index contributed by atoms with van der Waals surface area (Å²) in [5.74, 6) is -1.83. The molecule has 0 aliphatic heterocycles. The second-order valence-corrected chi connectivity index (χ2v) is 5.03. The zero-order chi connectivity index (χ0) is 14.4. The molecular weight excluding hydrogens is 260 g/mol. The van der Waals surface area contributed by atoms with E-state index < -0.39 is 22.8 Å². The number of rotatable bonds is 1. The van der Waals surface area contributed by atoms with Gasteiger partial charge in [-0.2, -0.15) is 0 Å². The molecule has 6 nitrogen and oxygen atoms in total. The zero-order valence-electron chi connectivity index (χ0n) is 10.9. The van der Waals surface area contributed by atoms with Crippen molar-refractivity contribution in [3.63, 3.8) is 0 Å². The van der Waals surface area contributed by atoms with Gasteiger partial charge in [0, 0.05) is 22.5 Å². The lowest BCUT2D eigenvalue weighted by atomic mass is 10.0. The number of aryl methyl sites for hydroxylation is 2. The normalized spacial score (nSPS) is 13.4. The van der Waals surface area contributed by atoms with Crippen molar-refractivity contribution in [2.75, 3.05) is 0 Å². The van der Waals surface area contributed by atoms with Crippen molar-refractivity contribution in [1.29, 1.82) is 0 Å². The Hall–Kier alpha value is -2.50. The van der Waals surface area contributed by atoms with Gasteiger partial charge in [-0.05, 0) is 32.3 Å². The van der Waals surface area contributed by atoms with E-state index in [-0.39, 0.29) is 0 Å². The Balaban J connectivity index is 2.35. The lowest BCUT2D eigenvalue weighted by molar-refractivity contribution is 0.0691. The van der Waals surface area contributed by atoms with Gasteiger partial charge >= 0.3 is 5.97 Å². The molecule has 4 N–H and O–H groups in total. The van der Waals surface area contributed by atoms with Crippen LogP contribution in [0.2, 0.25) is 0 Å². The van der Waals surface area contributed by atoms with Crippen molar-refractivity contribution in [3.05, 3.63) is 38.9 Å². The summed E-state index contributed by atoms with van der Waals surface area (Å²) < 4.78 is 0. The number of carbonyl (C=O) groups is 1. The number of aromatic carboxylic acids is 1. The molecule has 0 radical (unpaired) electrons. The average Bonchev–Trinajstić information content (AvgIpc) is 2.64. The summed E-state index contributed by atoms with van der Waals surface area (Å²) in [5, 5.41) is 19.2. The Morgan fingerprint density at radius 2 is 2.05 bits per heavy atom. The summed E-state index contributed by atoms with van der Waals surface area (Å²) in [7, 11) is 0. The largest absolute Gasteiger partial charge is 0.506 e. The summed E-state index contributed by atoms with van der Waals surface area (Å²) in [6.45, 7) is 1.91. The second kappa shape index (κ2) is 4.26. The quantitative estimate of drug-likeness (QED) is 0.633. The molecule has 3 rings (SSSR count). The molecule has 0 unspecified atom stereocenters. The summed E-state index contributed by atoms with van der Waals surface area (Å²) in [6, 6.07) is 1.90. The van der Waals surface area contributed by atoms with E-state index in [0.29, 0.717) is 17.7 Å². The molecule has 6 heteroatoms. The molecule has 2 aromatic rings. The monoisotopic (exact) mass is 274 g/mol. The number of pyridine rings is 1. The summed E-state index contributed by atoms with van der Waals surface area (Å²) >= 11 is 0. The van der Waals surface area contributed by atoms with Gasteiger partial charge in [-0.15, -0.1) is 0 Å². The molecular formula is C14H14N2O4. The molecule has 2 heterocycles. The third-order valence-electron chi connectivity index (χ3n) is 3.66. The van der Waals surface area contributed by atoms with Crippen LogP contribution in [-0.2, 0) is 12.8 Å². The number of hydrogen-bond acceptors (Lipinski definition) is 3. The van der Waals surface area contributed by atoms with Gasteiger partial charge in [0.1, 0.15) is 5.75 Å². The molecule has 104 valence electrons. The van der Waals surface area contributed by atoms with Crippen LogP contribution in [0.5, 0.6) is 5.75 Å². The molecule has 0 amide bonds. The van der Waals surface area contributed by atoms with Crippen molar-refractivity contribution < 1.29 is 15.0 Å². The minimum Gasteiger partial charge on any atom is -0.506 e. The molecule has 0 saturated heterocycles. The van der Waals surface area contributed by atoms with Crippen LogP contribution in [0.1, 0.15) is 33.7 Å². The molecule has 0 fully saturated rings. The van der Waals surface area contributed by atoms with Crippen LogP contribution in [-0.4, -0.2) is 26.2 Å². The fourth-order valence-electron chi connectivity index (χ4n) is 2.81. The first-order valence-electron chi connectivity index (χ1n) is 6.39. The van der Waals surface area contributed by atoms with Crippen LogP contribution < -0.4 is 5.56 Å². The maximum Gasteiger partial charge on any atom is 0.345 e. The Morgan fingerprint density at radius 1 is 1.30 bits per heavy atom. The van der Waals surface area contributed by atoms with Crippen LogP contribution in [0.15, 0.2) is 10.9 Å². The van der Waals surface area contributed by atoms with Crippen LogP contribution in [0.25, 0.3) is 11.3 Å². The van der Waals surface area contributed by atoms with E-state index in [4.69, 9.17) is 5.11 Å². The Morgan fingerprint density at radius 3 is 2.75 bits per heavy atom. The smallest absolute Gasteiger partial charge is 0.345 e. The highest BCUT2D eigenvalue weighted by molar-refractivity contribution is 5.92. The van der Waals surface area contributed by atoms with Gasteiger partial charge in [0.15, 0.2) is 5.56 Å². The molecule has 0 spiro atoms. The highest BCUT2D eigenvalue weighted by Gasteiger charge is 2.25. The lowest BCUT2D eigenvalue weighted by Gasteiger charge is -2.10. The van der Waals surface area contributed by atoms with Crippen molar-refractivity contribution in [2.24, 2.45) is 0 Å². The zero-order valence-corrected chi connectivity index (χ0v) is 10.9. The first-order valence-corrected chi connectivity index (χ1v) is 6.39. The Labute approximate surface area is 114 Å². The maximum atomic E-state index is 11.9. The van der Waals surface area contributed by atoms with E-state index in [2.05, 4.69) is 9.97 Å². The maximum absolute atomic E-state index is 11.9. The number of aromatic amines is 2. The minimum atomic E-state index is -1.42. The highest BCUT2D eigenvalue weighted by Crippen LogP contribution is 2.35. The number of aromatic nitrogens is 2. The number of fused-ring (bicyclic) bond motifs is 3. The van der Waals surface area contributed by atoms with Gasteiger partial charge in [0.2, 0.25) is 0 Å². The number of carboxylic acids is 1. The van der Waals surface area contributed by atoms with Gasteiger partial charge in [-0.1, -0.05) is 0 Å². The summed E-state index contributed by atoms with van der Waals surface area (Å²) in [6.07, 6.45) is 2.10. The van der Waals surface area contributed by atoms with E-state index in [1.807, 2.05) is 13.0 Å². The molecule has 2 aromatic heterocycles. The highest BCUT2D eigenvalue weighted by atomic mass is 16.4. The Bertz CT molecular complexity index is 770. The van der Waals surface area contributed by atoms with Crippen LogP contribution in [0.4, 0.5) is 0 Å². The fraction of sp³-hybridized carbons (Fsp3) is 0.286. The SMILES string of the molecule is Cc1cc2c([nH]1)CCCc1c-2[nH]c(=O)c(C(=O)O)c1O. The van der Waals surface area contributed by atoms with E-state index in [0.717, 1.165) is 29.8 Å². The van der Waals surface area contributed by atoms with Crippen molar-refractivity contribution >= 4 is 5.97 Å². The van der Waals surface area contributed by atoms with Gasteiger partial charge in [-0.25, -0.2) is 4.79 Å². The predicted molar refractivity (Wildman–Crippen MR) is 72.2 cm³/mol. The molecule has 1 aliphatic rings. The topological polar surface area (TPSA) is 106 Å². The predicted octanol–water partition coefficient (Wildman–Crippen LogP) is 1.57. The van der Waals surface area contributed by atoms with Gasteiger partial charge in [0.05, 0.1) is 5.69 Å². The minimum absolute atomic E-state index is 0.414. The van der Waals surface area contributed by atoms with E-state index >= 15 is 0 Å². The number of nitrogens with one attached hydrogen (secondary N) is 2. The van der Waals surface area contributed by atoms with Gasteiger partial charge < -0.3 is 20.2 Å². The number of H-pyrrole nitrogens is 2. The Kier molecular flexibility index (Phi) is 2.67. The van der Waals surface area contributed by atoms with Gasteiger partial charge in [-0.3, -0.25) is 4.79 Å². The van der Waals surface area contributed by atoms with Crippen LogP contribution in [0, 0.1) is 6.92 Å². The third kappa shape index (κ3) is 1.72. The van der Waals surface area contributed by atoms with E-state index in [9.17, 15) is 14.7 Å². The molecule has 0 aromatic carbocycles. The van der Waals surface area contributed by atoms with E-state index in [1.54, 1.807) is 0 Å². The fourth-order valence-corrected chi connectivity index (χ4v) is 2.81. The van der Waals surface area contributed by atoms with Crippen LogP contribution in [0.3, 0.4) is 0 Å². The standard InChI is InChI=1S/C14H14N2O4/c1-6-5-8-9(15-6)4-2-3-7-11(8)16-13(18)10(12(7)17)14(19)20/h5,15H,2-4H2,1H3,(H,19,20)(H2,16,17,18). The summed E-state index contributed by atoms with van der Waals surface area (Å²) in [4.78, 5) is 28.8. The van der Waals surface area contributed by atoms with Crippen molar-refractivity contribution in [3.8, 4) is 17.0 Å². The van der Waals surface area contributed by atoms with E-state index in [1.165, 1.54) is 0 Å².